The summed E-state index contributed by atoms with van der Waals surface area (Å²) in [4.78, 5) is 4.13. The normalized spacial score (nSPS) is 9.94. The first-order chi connectivity index (χ1) is 8.72. The second-order valence-electron chi connectivity index (χ2n) is 3.88. The van der Waals surface area contributed by atoms with Gasteiger partial charge < -0.3 is 14.8 Å². The number of pyridine rings is 1. The van der Waals surface area contributed by atoms with E-state index in [1.165, 1.54) is 0 Å². The second kappa shape index (κ2) is 5.40. The van der Waals surface area contributed by atoms with Crippen molar-refractivity contribution in [1.29, 1.82) is 0 Å². The number of nitrogens with one attached hydrogen (secondary N) is 1. The highest BCUT2D eigenvalue weighted by atomic mass is 16.5. The van der Waals surface area contributed by atoms with Gasteiger partial charge in [-0.2, -0.15) is 0 Å². The summed E-state index contributed by atoms with van der Waals surface area (Å²) in [5, 5.41) is 2.97. The van der Waals surface area contributed by atoms with E-state index in [4.69, 9.17) is 9.47 Å². The third-order valence-corrected chi connectivity index (χ3v) is 2.53. The number of aromatic nitrogens is 1. The number of benzene rings is 1. The summed E-state index contributed by atoms with van der Waals surface area (Å²) in [5.74, 6) is 2.89. The molecule has 1 aromatic heterocycles. The number of aryl methyl sites for hydroxylation is 1. The van der Waals surface area contributed by atoms with Crippen LogP contribution in [0.2, 0.25) is 0 Å². The fraction of sp³-hybridized carbons (Fsp3) is 0.214. The minimum absolute atomic E-state index is 0.691. The molecule has 1 N–H and O–H groups in total. The van der Waals surface area contributed by atoms with Crippen LogP contribution < -0.4 is 14.8 Å². The van der Waals surface area contributed by atoms with Gasteiger partial charge in [-0.05, 0) is 30.7 Å². The van der Waals surface area contributed by atoms with Gasteiger partial charge in [0.25, 0.3) is 0 Å². The number of nitrogens with zero attached hydrogens (tertiary/aromatic N) is 1. The Kier molecular flexibility index (Phi) is 3.67. The van der Waals surface area contributed by atoms with Crippen LogP contribution in [0.5, 0.6) is 17.2 Å². The minimum Gasteiger partial charge on any atom is -0.493 e. The molecular weight excluding hydrogens is 228 g/mol. The third kappa shape index (κ3) is 2.71. The highest BCUT2D eigenvalue weighted by Crippen LogP contribution is 2.32. The van der Waals surface area contributed by atoms with Crippen molar-refractivity contribution >= 4 is 5.82 Å². The largest absolute Gasteiger partial charge is 0.493 e. The molecule has 0 aliphatic carbocycles. The van der Waals surface area contributed by atoms with Crippen LogP contribution in [0.3, 0.4) is 0 Å². The Balaban J connectivity index is 2.27. The van der Waals surface area contributed by atoms with Crippen molar-refractivity contribution < 1.29 is 9.47 Å². The van der Waals surface area contributed by atoms with Crippen molar-refractivity contribution in [3.63, 3.8) is 0 Å². The molecule has 4 nitrogen and oxygen atoms in total. The van der Waals surface area contributed by atoms with Gasteiger partial charge in [-0.1, -0.05) is 6.07 Å². The third-order valence-electron chi connectivity index (χ3n) is 2.53. The van der Waals surface area contributed by atoms with Crippen molar-refractivity contribution in [3.8, 4) is 17.2 Å². The lowest BCUT2D eigenvalue weighted by Crippen LogP contribution is -1.94. The van der Waals surface area contributed by atoms with E-state index < -0.39 is 0 Å². The molecule has 0 aliphatic rings. The molecule has 0 unspecified atom stereocenters. The number of methoxy groups -OCH3 is 1. The van der Waals surface area contributed by atoms with E-state index in [1.54, 1.807) is 19.4 Å². The van der Waals surface area contributed by atoms with E-state index in [9.17, 15) is 0 Å². The van der Waals surface area contributed by atoms with Gasteiger partial charge in [-0.15, -0.1) is 0 Å². The molecule has 0 amide bonds. The Bertz CT molecular complexity index is 541. The molecule has 0 atom stereocenters. The molecule has 0 fully saturated rings. The maximum absolute atomic E-state index is 5.79. The summed E-state index contributed by atoms with van der Waals surface area (Å²) in [6.07, 6.45) is 1.70. The molecular formula is C14H16N2O2. The maximum atomic E-state index is 5.79. The van der Waals surface area contributed by atoms with Gasteiger partial charge in [0.15, 0.2) is 11.5 Å². The molecule has 0 saturated heterocycles. The predicted molar refractivity (Wildman–Crippen MR) is 71.6 cm³/mol. The van der Waals surface area contributed by atoms with Crippen LogP contribution in [0.15, 0.2) is 36.5 Å². The zero-order valence-corrected chi connectivity index (χ0v) is 10.7. The van der Waals surface area contributed by atoms with Crippen molar-refractivity contribution in [2.45, 2.75) is 6.92 Å². The molecule has 0 spiro atoms. The fourth-order valence-electron chi connectivity index (χ4n) is 1.60. The topological polar surface area (TPSA) is 43.4 Å². The summed E-state index contributed by atoms with van der Waals surface area (Å²) in [5.41, 5.74) is 1.13. The molecule has 94 valence electrons. The van der Waals surface area contributed by atoms with Crippen molar-refractivity contribution in [2.75, 3.05) is 19.5 Å². The lowest BCUT2D eigenvalue weighted by Gasteiger charge is -2.11. The molecule has 1 heterocycles. The first kappa shape index (κ1) is 12.2. The SMILES string of the molecule is CNc1cc(Oc2ccc(C)cc2OC)ccn1. The van der Waals surface area contributed by atoms with Gasteiger partial charge in [0.2, 0.25) is 0 Å². The first-order valence-corrected chi connectivity index (χ1v) is 5.69. The van der Waals surface area contributed by atoms with Crippen LogP contribution in [0.4, 0.5) is 5.82 Å². The molecule has 1 aromatic carbocycles. The lowest BCUT2D eigenvalue weighted by atomic mass is 10.2. The first-order valence-electron chi connectivity index (χ1n) is 5.69. The molecule has 2 aromatic rings. The number of anilines is 1. The van der Waals surface area contributed by atoms with Crippen molar-refractivity contribution in [3.05, 3.63) is 42.1 Å². The van der Waals surface area contributed by atoms with Crippen LogP contribution in [0.1, 0.15) is 5.56 Å². The molecule has 4 heteroatoms. The molecule has 0 bridgehead atoms. The number of hydrogen-bond donors (Lipinski definition) is 1. The van der Waals surface area contributed by atoms with E-state index in [2.05, 4.69) is 10.3 Å². The van der Waals surface area contributed by atoms with E-state index in [0.29, 0.717) is 5.75 Å². The van der Waals surface area contributed by atoms with Gasteiger partial charge in [-0.3, -0.25) is 0 Å². The highest BCUT2D eigenvalue weighted by molar-refractivity contribution is 5.47. The number of rotatable bonds is 4. The average molecular weight is 244 g/mol. The standard InChI is InChI=1S/C14H16N2O2/c1-10-4-5-12(13(8-10)17-3)18-11-6-7-16-14(9-11)15-2/h4-9H,1-3H3,(H,15,16). The van der Waals surface area contributed by atoms with Gasteiger partial charge in [0, 0.05) is 19.3 Å². The van der Waals surface area contributed by atoms with Crippen LogP contribution in [0.25, 0.3) is 0 Å². The highest BCUT2D eigenvalue weighted by Gasteiger charge is 2.06. The fourth-order valence-corrected chi connectivity index (χ4v) is 1.60. The molecule has 0 aliphatic heterocycles. The van der Waals surface area contributed by atoms with E-state index >= 15 is 0 Å². The van der Waals surface area contributed by atoms with Gasteiger partial charge >= 0.3 is 0 Å². The Morgan fingerprint density at radius 1 is 1.11 bits per heavy atom. The maximum Gasteiger partial charge on any atom is 0.169 e. The summed E-state index contributed by atoms with van der Waals surface area (Å²) in [7, 11) is 3.45. The van der Waals surface area contributed by atoms with Gasteiger partial charge in [0.05, 0.1) is 7.11 Å². The Morgan fingerprint density at radius 2 is 1.94 bits per heavy atom. The Labute approximate surface area is 107 Å². The van der Waals surface area contributed by atoms with Crippen molar-refractivity contribution in [2.24, 2.45) is 0 Å². The molecule has 2 rings (SSSR count). The quantitative estimate of drug-likeness (QED) is 0.896. The zero-order valence-electron chi connectivity index (χ0n) is 10.7. The van der Waals surface area contributed by atoms with Crippen LogP contribution in [0, 0.1) is 6.92 Å². The summed E-state index contributed by atoms with van der Waals surface area (Å²) in [6, 6.07) is 9.46. The minimum atomic E-state index is 0.691. The second-order valence-corrected chi connectivity index (χ2v) is 3.88. The van der Waals surface area contributed by atoms with E-state index in [0.717, 1.165) is 22.9 Å². The van der Waals surface area contributed by atoms with E-state index in [-0.39, 0.29) is 0 Å². The summed E-state index contributed by atoms with van der Waals surface area (Å²) in [6.45, 7) is 2.01. The van der Waals surface area contributed by atoms with Crippen molar-refractivity contribution in [1.82, 2.24) is 4.98 Å². The monoisotopic (exact) mass is 244 g/mol. The predicted octanol–water partition coefficient (Wildman–Crippen LogP) is 3.23. The summed E-state index contributed by atoms with van der Waals surface area (Å²) < 4.78 is 11.1. The molecule has 0 radical (unpaired) electrons. The Morgan fingerprint density at radius 3 is 2.67 bits per heavy atom. The lowest BCUT2D eigenvalue weighted by molar-refractivity contribution is 0.378. The Hall–Kier alpha value is -2.23. The van der Waals surface area contributed by atoms with Gasteiger partial charge in [-0.25, -0.2) is 4.98 Å². The van der Waals surface area contributed by atoms with Crippen LogP contribution in [-0.2, 0) is 0 Å². The molecule has 18 heavy (non-hydrogen) atoms. The molecule has 0 saturated carbocycles. The average Bonchev–Trinajstić information content (AvgIpc) is 2.41. The smallest absolute Gasteiger partial charge is 0.169 e. The number of ether oxygens (including phenoxy) is 2. The summed E-state index contributed by atoms with van der Waals surface area (Å²) >= 11 is 0. The van der Waals surface area contributed by atoms with E-state index in [1.807, 2.05) is 38.2 Å². The number of hydrogen-bond acceptors (Lipinski definition) is 4. The van der Waals surface area contributed by atoms with Crippen LogP contribution in [-0.4, -0.2) is 19.1 Å². The zero-order chi connectivity index (χ0) is 13.0. The van der Waals surface area contributed by atoms with Crippen LogP contribution >= 0.6 is 0 Å². The van der Waals surface area contributed by atoms with Gasteiger partial charge in [0.1, 0.15) is 11.6 Å².